The molecule has 1 saturated heterocycles. The molecule has 1 aliphatic heterocycles. The zero-order valence-electron chi connectivity index (χ0n) is 10.5. The average Bonchev–Trinajstić information content (AvgIpc) is 2.38. The second kappa shape index (κ2) is 5.32. The normalized spacial score (nSPS) is 16.8. The Bertz CT molecular complexity index is 397. The Hall–Kier alpha value is -1.35. The number of hydrogen-bond donors (Lipinski definition) is 0. The van der Waals surface area contributed by atoms with Gasteiger partial charge in [0.15, 0.2) is 0 Å². The number of aryl methyl sites for hydroxylation is 1. The molecule has 1 aromatic rings. The van der Waals surface area contributed by atoms with E-state index in [9.17, 15) is 4.79 Å². The molecule has 17 heavy (non-hydrogen) atoms. The first-order valence-corrected chi connectivity index (χ1v) is 6.10. The molecular weight excluding hydrogens is 214 g/mol. The van der Waals surface area contributed by atoms with Crippen LogP contribution in [0.4, 0.5) is 0 Å². The lowest BCUT2D eigenvalue weighted by Gasteiger charge is -2.31. The third kappa shape index (κ3) is 2.86. The van der Waals surface area contributed by atoms with E-state index in [-0.39, 0.29) is 5.91 Å². The molecule has 3 heteroatoms. The number of ether oxygens (including phenoxy) is 1. The molecule has 92 valence electrons. The van der Waals surface area contributed by atoms with Crippen LogP contribution < -0.4 is 0 Å². The smallest absolute Gasteiger partial charge is 0.253 e. The van der Waals surface area contributed by atoms with E-state index < -0.39 is 0 Å². The van der Waals surface area contributed by atoms with Crippen molar-refractivity contribution in [3.63, 3.8) is 0 Å². The fraction of sp³-hybridized carbons (Fsp3) is 0.500. The van der Waals surface area contributed by atoms with E-state index >= 15 is 0 Å². The molecule has 1 fully saturated rings. The van der Waals surface area contributed by atoms with Gasteiger partial charge >= 0.3 is 0 Å². The molecule has 0 atom stereocenters. The first kappa shape index (κ1) is 12.1. The highest BCUT2D eigenvalue weighted by atomic mass is 16.5. The molecule has 1 aliphatic rings. The molecule has 0 unspecified atom stereocenters. The molecule has 0 spiro atoms. The lowest BCUT2D eigenvalue weighted by atomic mass is 10.1. The Morgan fingerprint density at radius 2 is 2.06 bits per heavy atom. The highest BCUT2D eigenvalue weighted by Gasteiger charge is 2.23. The minimum atomic E-state index is 0.112. The highest BCUT2D eigenvalue weighted by Crippen LogP contribution is 2.16. The standard InChI is InChI=1S/C14H19NO2/c1-11-4-3-5-12(10-11)14(16)15(2)13-6-8-17-9-7-13/h3-5,10,13H,6-9H2,1-2H3. The largest absolute Gasteiger partial charge is 0.381 e. The van der Waals surface area contributed by atoms with Crippen molar-refractivity contribution >= 4 is 5.91 Å². The van der Waals surface area contributed by atoms with Crippen LogP contribution in [-0.2, 0) is 4.74 Å². The third-order valence-electron chi connectivity index (χ3n) is 3.32. The van der Waals surface area contributed by atoms with Crippen LogP contribution in [0.25, 0.3) is 0 Å². The van der Waals surface area contributed by atoms with E-state index in [2.05, 4.69) is 0 Å². The van der Waals surface area contributed by atoms with Gasteiger partial charge in [-0.15, -0.1) is 0 Å². The van der Waals surface area contributed by atoms with Crippen LogP contribution in [0.3, 0.4) is 0 Å². The van der Waals surface area contributed by atoms with Gasteiger partial charge in [0.25, 0.3) is 5.91 Å². The number of nitrogens with zero attached hydrogens (tertiary/aromatic N) is 1. The van der Waals surface area contributed by atoms with Crippen LogP contribution in [0.2, 0.25) is 0 Å². The molecular formula is C14H19NO2. The lowest BCUT2D eigenvalue weighted by Crippen LogP contribution is -2.40. The minimum absolute atomic E-state index is 0.112. The van der Waals surface area contributed by atoms with Crippen molar-refractivity contribution in [2.24, 2.45) is 0 Å². The van der Waals surface area contributed by atoms with Crippen LogP contribution in [0.5, 0.6) is 0 Å². The summed E-state index contributed by atoms with van der Waals surface area (Å²) in [5.74, 6) is 0.112. The molecule has 0 bridgehead atoms. The van der Waals surface area contributed by atoms with Crippen LogP contribution in [0, 0.1) is 6.92 Å². The fourth-order valence-electron chi connectivity index (χ4n) is 2.22. The van der Waals surface area contributed by atoms with Gasteiger partial charge < -0.3 is 9.64 Å². The monoisotopic (exact) mass is 233 g/mol. The maximum atomic E-state index is 12.3. The van der Waals surface area contributed by atoms with Crippen molar-refractivity contribution in [2.45, 2.75) is 25.8 Å². The summed E-state index contributed by atoms with van der Waals surface area (Å²) in [7, 11) is 1.89. The predicted octanol–water partition coefficient (Wildman–Crippen LogP) is 2.25. The molecule has 3 nitrogen and oxygen atoms in total. The molecule has 0 saturated carbocycles. The molecule has 1 amide bonds. The van der Waals surface area contributed by atoms with E-state index in [4.69, 9.17) is 4.74 Å². The summed E-state index contributed by atoms with van der Waals surface area (Å²) < 4.78 is 5.32. The average molecular weight is 233 g/mol. The SMILES string of the molecule is Cc1cccc(C(=O)N(C)C2CCOCC2)c1. The van der Waals surface area contributed by atoms with Gasteiger partial charge in [-0.25, -0.2) is 0 Å². The van der Waals surface area contributed by atoms with Gasteiger partial charge in [0.1, 0.15) is 0 Å². The zero-order chi connectivity index (χ0) is 12.3. The van der Waals surface area contributed by atoms with Crippen molar-refractivity contribution in [3.8, 4) is 0 Å². The number of carbonyl (C=O) groups is 1. The summed E-state index contributed by atoms with van der Waals surface area (Å²) in [5.41, 5.74) is 1.90. The highest BCUT2D eigenvalue weighted by molar-refractivity contribution is 5.94. The maximum absolute atomic E-state index is 12.3. The van der Waals surface area contributed by atoms with E-state index in [1.165, 1.54) is 0 Å². The first-order chi connectivity index (χ1) is 8.18. The molecule has 0 aromatic heterocycles. The van der Waals surface area contributed by atoms with Crippen molar-refractivity contribution in [3.05, 3.63) is 35.4 Å². The summed E-state index contributed by atoms with van der Waals surface area (Å²) >= 11 is 0. The number of hydrogen-bond acceptors (Lipinski definition) is 2. The number of rotatable bonds is 2. The Morgan fingerprint density at radius 3 is 2.71 bits per heavy atom. The maximum Gasteiger partial charge on any atom is 0.253 e. The summed E-state index contributed by atoms with van der Waals surface area (Å²) in [6.07, 6.45) is 1.88. The summed E-state index contributed by atoms with van der Waals surface area (Å²) in [6.45, 7) is 3.53. The predicted molar refractivity (Wildman–Crippen MR) is 67.1 cm³/mol. The van der Waals surface area contributed by atoms with Gasteiger partial charge in [-0.2, -0.15) is 0 Å². The van der Waals surface area contributed by atoms with E-state index in [1.807, 2.05) is 43.1 Å². The minimum Gasteiger partial charge on any atom is -0.381 e. The zero-order valence-corrected chi connectivity index (χ0v) is 10.5. The third-order valence-corrected chi connectivity index (χ3v) is 3.32. The van der Waals surface area contributed by atoms with Gasteiger partial charge in [-0.1, -0.05) is 17.7 Å². The van der Waals surface area contributed by atoms with Crippen LogP contribution in [0.15, 0.2) is 24.3 Å². The molecule has 0 aliphatic carbocycles. The van der Waals surface area contributed by atoms with E-state index in [0.717, 1.165) is 37.2 Å². The second-order valence-corrected chi connectivity index (χ2v) is 4.63. The number of carbonyl (C=O) groups excluding carboxylic acids is 1. The van der Waals surface area contributed by atoms with Crippen molar-refractivity contribution in [1.82, 2.24) is 4.90 Å². The molecule has 0 N–H and O–H groups in total. The summed E-state index contributed by atoms with van der Waals surface area (Å²) in [4.78, 5) is 14.1. The Morgan fingerprint density at radius 1 is 1.35 bits per heavy atom. The number of benzene rings is 1. The second-order valence-electron chi connectivity index (χ2n) is 4.63. The van der Waals surface area contributed by atoms with Crippen molar-refractivity contribution < 1.29 is 9.53 Å². The van der Waals surface area contributed by atoms with Gasteiger partial charge in [0.2, 0.25) is 0 Å². The van der Waals surface area contributed by atoms with Gasteiger partial charge in [0, 0.05) is 31.9 Å². The van der Waals surface area contributed by atoms with Gasteiger partial charge in [-0.3, -0.25) is 4.79 Å². The quantitative estimate of drug-likeness (QED) is 0.784. The fourth-order valence-corrected chi connectivity index (χ4v) is 2.22. The van der Waals surface area contributed by atoms with Gasteiger partial charge in [0.05, 0.1) is 0 Å². The summed E-state index contributed by atoms with van der Waals surface area (Å²) in [5, 5.41) is 0. The van der Waals surface area contributed by atoms with Crippen LogP contribution in [-0.4, -0.2) is 37.1 Å². The Labute approximate surface area is 102 Å². The van der Waals surface area contributed by atoms with Crippen molar-refractivity contribution in [2.75, 3.05) is 20.3 Å². The summed E-state index contributed by atoms with van der Waals surface area (Å²) in [6, 6.07) is 8.08. The van der Waals surface area contributed by atoms with Gasteiger partial charge in [-0.05, 0) is 31.9 Å². The number of amides is 1. The topological polar surface area (TPSA) is 29.5 Å². The first-order valence-electron chi connectivity index (χ1n) is 6.10. The molecule has 1 heterocycles. The van der Waals surface area contributed by atoms with E-state index in [0.29, 0.717) is 6.04 Å². The molecule has 1 aromatic carbocycles. The van der Waals surface area contributed by atoms with Crippen LogP contribution in [0.1, 0.15) is 28.8 Å². The van der Waals surface area contributed by atoms with Crippen molar-refractivity contribution in [1.29, 1.82) is 0 Å². The van der Waals surface area contributed by atoms with E-state index in [1.54, 1.807) is 0 Å². The lowest BCUT2D eigenvalue weighted by molar-refractivity contribution is 0.0362. The Kier molecular flexibility index (Phi) is 3.79. The van der Waals surface area contributed by atoms with Crippen LogP contribution >= 0.6 is 0 Å². The Balaban J connectivity index is 2.08. The molecule has 0 radical (unpaired) electrons. The molecule has 2 rings (SSSR count).